The monoisotopic (exact) mass is 495 g/mol. The highest BCUT2D eigenvalue weighted by atomic mass is 79.9. The molecular formula is C20H15BrFNO6S. The molecule has 2 aromatic carbocycles. The molecule has 2 aromatic rings. The van der Waals surface area contributed by atoms with Gasteiger partial charge in [0, 0.05) is 4.47 Å². The number of amides is 2. The Morgan fingerprint density at radius 2 is 1.93 bits per heavy atom. The van der Waals surface area contributed by atoms with E-state index < -0.39 is 23.7 Å². The Kier molecular flexibility index (Phi) is 6.78. The second-order valence-electron chi connectivity index (χ2n) is 6.10. The van der Waals surface area contributed by atoms with Crippen LogP contribution < -0.4 is 9.47 Å². The van der Waals surface area contributed by atoms with Gasteiger partial charge in [-0.2, -0.15) is 0 Å². The summed E-state index contributed by atoms with van der Waals surface area (Å²) in [5.74, 6) is -1.48. The number of halogens is 2. The van der Waals surface area contributed by atoms with Crippen LogP contribution in [0.3, 0.4) is 0 Å². The minimum atomic E-state index is -1.27. The zero-order valence-corrected chi connectivity index (χ0v) is 18.0. The van der Waals surface area contributed by atoms with Crippen molar-refractivity contribution in [1.29, 1.82) is 0 Å². The summed E-state index contributed by atoms with van der Waals surface area (Å²) < 4.78 is 24.7. The third-order valence-corrected chi connectivity index (χ3v) is 5.64. The molecule has 10 heteroatoms. The van der Waals surface area contributed by atoms with Gasteiger partial charge in [-0.15, -0.1) is 0 Å². The number of carboxylic acid groups (broad SMARTS) is 1. The SMILES string of the molecule is COc1cc(/C=C2/SC(=O)N(CC(=O)O)C2=O)c(Br)cc1OCc1ccc(F)cc1. The van der Waals surface area contributed by atoms with Crippen molar-refractivity contribution in [2.75, 3.05) is 13.7 Å². The van der Waals surface area contributed by atoms with Gasteiger partial charge in [0.2, 0.25) is 0 Å². The second-order valence-corrected chi connectivity index (χ2v) is 7.95. The third kappa shape index (κ3) is 5.00. The summed E-state index contributed by atoms with van der Waals surface area (Å²) >= 11 is 4.07. The lowest BCUT2D eigenvalue weighted by Crippen LogP contribution is -2.33. The van der Waals surface area contributed by atoms with E-state index in [9.17, 15) is 18.8 Å². The second kappa shape index (κ2) is 9.31. The van der Waals surface area contributed by atoms with E-state index in [2.05, 4.69) is 15.9 Å². The quantitative estimate of drug-likeness (QED) is 0.572. The summed E-state index contributed by atoms with van der Waals surface area (Å²) in [4.78, 5) is 35.8. The van der Waals surface area contributed by atoms with Gasteiger partial charge in [0.25, 0.3) is 11.1 Å². The highest BCUT2D eigenvalue weighted by Gasteiger charge is 2.36. The molecule has 0 unspecified atom stereocenters. The molecule has 2 amide bonds. The van der Waals surface area contributed by atoms with Crippen LogP contribution in [0.1, 0.15) is 11.1 Å². The van der Waals surface area contributed by atoms with E-state index in [1.165, 1.54) is 25.3 Å². The summed E-state index contributed by atoms with van der Waals surface area (Å²) in [5, 5.41) is 8.20. The summed E-state index contributed by atoms with van der Waals surface area (Å²) in [6.07, 6.45) is 1.48. The van der Waals surface area contributed by atoms with E-state index in [1.807, 2.05) is 0 Å². The maximum Gasteiger partial charge on any atom is 0.323 e. The molecule has 0 radical (unpaired) electrons. The summed E-state index contributed by atoms with van der Waals surface area (Å²) in [6.45, 7) is -0.501. The maximum atomic E-state index is 13.0. The van der Waals surface area contributed by atoms with E-state index in [0.717, 1.165) is 5.56 Å². The van der Waals surface area contributed by atoms with Crippen LogP contribution in [0.2, 0.25) is 0 Å². The van der Waals surface area contributed by atoms with E-state index in [0.29, 0.717) is 38.2 Å². The van der Waals surface area contributed by atoms with Crippen molar-refractivity contribution in [2.24, 2.45) is 0 Å². The van der Waals surface area contributed by atoms with Crippen molar-refractivity contribution in [2.45, 2.75) is 6.61 Å². The maximum absolute atomic E-state index is 13.0. The average Bonchev–Trinajstić information content (AvgIpc) is 2.96. The first-order valence-electron chi connectivity index (χ1n) is 8.50. The van der Waals surface area contributed by atoms with Gasteiger partial charge in [-0.3, -0.25) is 19.3 Å². The number of carboxylic acids is 1. The van der Waals surface area contributed by atoms with Gasteiger partial charge in [-0.25, -0.2) is 4.39 Å². The van der Waals surface area contributed by atoms with E-state index >= 15 is 0 Å². The molecule has 1 heterocycles. The van der Waals surface area contributed by atoms with Crippen LogP contribution in [0.15, 0.2) is 45.8 Å². The third-order valence-electron chi connectivity index (χ3n) is 4.04. The van der Waals surface area contributed by atoms with E-state index in [4.69, 9.17) is 14.6 Å². The minimum absolute atomic E-state index is 0.101. The van der Waals surface area contributed by atoms with Gasteiger partial charge in [0.05, 0.1) is 12.0 Å². The standard InChI is InChI=1S/C20H15BrFNO6S/c1-28-15-6-12(7-17-19(26)23(9-18(24)25)20(27)30-17)14(21)8-16(15)29-10-11-2-4-13(22)5-3-11/h2-8H,9-10H2,1H3,(H,24,25)/b17-7+. The topological polar surface area (TPSA) is 93.1 Å². The van der Waals surface area contributed by atoms with Crippen LogP contribution in [0, 0.1) is 5.82 Å². The van der Waals surface area contributed by atoms with Crippen LogP contribution in [0.5, 0.6) is 11.5 Å². The van der Waals surface area contributed by atoms with Gasteiger partial charge in [0.1, 0.15) is 19.0 Å². The molecule has 1 N–H and O–H groups in total. The Labute approximate surface area is 183 Å². The number of ether oxygens (including phenoxy) is 2. The molecule has 0 aromatic heterocycles. The number of hydrogen-bond donors (Lipinski definition) is 1. The predicted molar refractivity (Wildman–Crippen MR) is 112 cm³/mol. The number of aliphatic carboxylic acids is 1. The minimum Gasteiger partial charge on any atom is -0.493 e. The summed E-state index contributed by atoms with van der Waals surface area (Å²) in [7, 11) is 1.46. The number of methoxy groups -OCH3 is 1. The van der Waals surface area contributed by atoms with Crippen molar-refractivity contribution in [3.05, 3.63) is 62.7 Å². The molecule has 0 aliphatic carbocycles. The van der Waals surface area contributed by atoms with Crippen molar-refractivity contribution >= 4 is 50.9 Å². The molecule has 7 nitrogen and oxygen atoms in total. The first kappa shape index (κ1) is 21.8. The molecule has 1 aliphatic rings. The highest BCUT2D eigenvalue weighted by molar-refractivity contribution is 9.10. The number of carbonyl (C=O) groups excluding carboxylic acids is 2. The number of benzene rings is 2. The van der Waals surface area contributed by atoms with Crippen molar-refractivity contribution < 1.29 is 33.4 Å². The fraction of sp³-hybridized carbons (Fsp3) is 0.150. The van der Waals surface area contributed by atoms with Crippen LogP contribution in [-0.4, -0.2) is 40.8 Å². The first-order valence-corrected chi connectivity index (χ1v) is 10.1. The molecule has 0 saturated carbocycles. The zero-order valence-electron chi connectivity index (χ0n) is 15.6. The van der Waals surface area contributed by atoms with Crippen LogP contribution in [0.25, 0.3) is 6.08 Å². The molecule has 1 saturated heterocycles. The van der Waals surface area contributed by atoms with Gasteiger partial charge in [0.15, 0.2) is 11.5 Å². The molecule has 3 rings (SSSR count). The Bertz CT molecular complexity index is 1040. The molecule has 0 spiro atoms. The Morgan fingerprint density at radius 1 is 1.23 bits per heavy atom. The van der Waals surface area contributed by atoms with Gasteiger partial charge in [-0.1, -0.05) is 28.1 Å². The van der Waals surface area contributed by atoms with Gasteiger partial charge in [-0.05, 0) is 53.2 Å². The van der Waals surface area contributed by atoms with Crippen molar-refractivity contribution in [1.82, 2.24) is 4.90 Å². The Balaban J connectivity index is 1.82. The van der Waals surface area contributed by atoms with Crippen LogP contribution in [0.4, 0.5) is 9.18 Å². The molecule has 30 heavy (non-hydrogen) atoms. The molecule has 0 atom stereocenters. The first-order chi connectivity index (χ1) is 14.3. The van der Waals surface area contributed by atoms with Gasteiger partial charge >= 0.3 is 5.97 Å². The zero-order chi connectivity index (χ0) is 21.8. The number of hydrogen-bond acceptors (Lipinski definition) is 6. The summed E-state index contributed by atoms with van der Waals surface area (Å²) in [6, 6.07) is 9.17. The largest absolute Gasteiger partial charge is 0.493 e. The van der Waals surface area contributed by atoms with E-state index in [-0.39, 0.29) is 17.3 Å². The number of thioether (sulfide) groups is 1. The number of imide groups is 1. The molecule has 1 aliphatic heterocycles. The normalized spacial score (nSPS) is 15.0. The lowest BCUT2D eigenvalue weighted by atomic mass is 10.1. The highest BCUT2D eigenvalue weighted by Crippen LogP contribution is 2.38. The number of rotatable bonds is 7. The number of carbonyl (C=O) groups is 3. The summed E-state index contributed by atoms with van der Waals surface area (Å²) in [5.41, 5.74) is 1.31. The Morgan fingerprint density at radius 3 is 2.57 bits per heavy atom. The predicted octanol–water partition coefficient (Wildman–Crippen LogP) is 4.30. The van der Waals surface area contributed by atoms with Crippen molar-refractivity contribution in [3.63, 3.8) is 0 Å². The van der Waals surface area contributed by atoms with Gasteiger partial charge < -0.3 is 14.6 Å². The fourth-order valence-corrected chi connectivity index (χ4v) is 3.85. The lowest BCUT2D eigenvalue weighted by molar-refractivity contribution is -0.140. The smallest absolute Gasteiger partial charge is 0.323 e. The molecule has 156 valence electrons. The Hall–Kier alpha value is -2.85. The molecule has 0 bridgehead atoms. The van der Waals surface area contributed by atoms with E-state index in [1.54, 1.807) is 24.3 Å². The number of nitrogens with zero attached hydrogens (tertiary/aromatic N) is 1. The average molecular weight is 496 g/mol. The lowest BCUT2D eigenvalue weighted by Gasteiger charge is -2.13. The molecule has 1 fully saturated rings. The van der Waals surface area contributed by atoms with Crippen LogP contribution in [-0.2, 0) is 16.2 Å². The van der Waals surface area contributed by atoms with Crippen molar-refractivity contribution in [3.8, 4) is 11.5 Å². The van der Waals surface area contributed by atoms with Crippen LogP contribution >= 0.6 is 27.7 Å². The molecular weight excluding hydrogens is 481 g/mol. The fourth-order valence-electron chi connectivity index (χ4n) is 2.59.